The van der Waals surface area contributed by atoms with E-state index < -0.39 is 0 Å². The summed E-state index contributed by atoms with van der Waals surface area (Å²) in [5, 5.41) is 2.76. The molecule has 130 valence electrons. The number of rotatable bonds is 4. The minimum atomic E-state index is -0.0681. The molecule has 2 aromatic heterocycles. The van der Waals surface area contributed by atoms with Crippen molar-refractivity contribution in [2.45, 2.75) is 24.0 Å². The number of thiophene rings is 1. The molecule has 0 fully saturated rings. The van der Waals surface area contributed by atoms with Crippen molar-refractivity contribution in [3.05, 3.63) is 81.7 Å². The summed E-state index contributed by atoms with van der Waals surface area (Å²) in [6.07, 6.45) is 0. The summed E-state index contributed by atoms with van der Waals surface area (Å²) in [6, 6.07) is 18.4. The number of aromatic amines is 1. The highest BCUT2D eigenvalue weighted by molar-refractivity contribution is 7.99. The average Bonchev–Trinajstić information content (AvgIpc) is 3.09. The molecule has 0 saturated carbocycles. The summed E-state index contributed by atoms with van der Waals surface area (Å²) in [7, 11) is 0. The van der Waals surface area contributed by atoms with E-state index in [4.69, 9.17) is 4.98 Å². The highest BCUT2D eigenvalue weighted by atomic mass is 32.2. The maximum absolute atomic E-state index is 12.8. The number of aromatic nitrogens is 2. The monoisotopic (exact) mass is 378 g/mol. The molecular formula is C21H18N2OS2. The number of thioether (sulfide) groups is 1. The molecule has 1 unspecified atom stereocenters. The van der Waals surface area contributed by atoms with Crippen molar-refractivity contribution in [1.82, 2.24) is 9.97 Å². The van der Waals surface area contributed by atoms with Gasteiger partial charge in [0.2, 0.25) is 0 Å². The number of nitrogens with one attached hydrogen (secondary N) is 1. The molecule has 0 aliphatic heterocycles. The van der Waals surface area contributed by atoms with E-state index in [9.17, 15) is 4.79 Å². The third-order valence-electron chi connectivity index (χ3n) is 4.27. The minimum absolute atomic E-state index is 0.0667. The fourth-order valence-corrected chi connectivity index (χ4v) is 4.74. The van der Waals surface area contributed by atoms with Gasteiger partial charge >= 0.3 is 0 Å². The lowest BCUT2D eigenvalue weighted by Crippen LogP contribution is -2.12. The van der Waals surface area contributed by atoms with Gasteiger partial charge in [0.25, 0.3) is 5.56 Å². The van der Waals surface area contributed by atoms with Gasteiger partial charge in [-0.1, -0.05) is 48.0 Å². The van der Waals surface area contributed by atoms with Gasteiger partial charge in [-0.25, -0.2) is 4.98 Å². The van der Waals surface area contributed by atoms with Gasteiger partial charge in [-0.2, -0.15) is 0 Å². The third-order valence-corrected chi connectivity index (χ3v) is 6.26. The molecule has 2 heterocycles. The van der Waals surface area contributed by atoms with Crippen molar-refractivity contribution < 1.29 is 0 Å². The molecule has 0 aliphatic carbocycles. The van der Waals surface area contributed by atoms with Crippen LogP contribution in [-0.2, 0) is 0 Å². The zero-order valence-electron chi connectivity index (χ0n) is 14.5. The Labute approximate surface area is 160 Å². The van der Waals surface area contributed by atoms with Gasteiger partial charge in [0, 0.05) is 15.8 Å². The Morgan fingerprint density at radius 2 is 1.81 bits per heavy atom. The summed E-state index contributed by atoms with van der Waals surface area (Å²) >= 11 is 3.22. The molecule has 0 radical (unpaired) electrons. The Balaban J connectivity index is 1.69. The number of hydrogen-bond donors (Lipinski definition) is 1. The predicted octanol–water partition coefficient (Wildman–Crippen LogP) is 5.81. The van der Waals surface area contributed by atoms with Crippen LogP contribution in [0.3, 0.4) is 0 Å². The molecule has 26 heavy (non-hydrogen) atoms. The lowest BCUT2D eigenvalue weighted by atomic mass is 10.1. The maximum atomic E-state index is 12.8. The molecule has 4 aromatic rings. The van der Waals surface area contributed by atoms with Crippen LogP contribution in [0.25, 0.3) is 21.3 Å². The quantitative estimate of drug-likeness (QED) is 0.456. The van der Waals surface area contributed by atoms with Gasteiger partial charge in [0.15, 0.2) is 0 Å². The first-order chi connectivity index (χ1) is 12.6. The molecular weight excluding hydrogens is 360 g/mol. The summed E-state index contributed by atoms with van der Waals surface area (Å²) < 4.78 is 0. The molecule has 0 saturated heterocycles. The second-order valence-electron chi connectivity index (χ2n) is 6.22. The van der Waals surface area contributed by atoms with Gasteiger partial charge in [-0.05, 0) is 31.5 Å². The Kier molecular flexibility index (Phi) is 4.66. The molecule has 4 rings (SSSR count). The van der Waals surface area contributed by atoms with Crippen LogP contribution in [-0.4, -0.2) is 9.97 Å². The number of aryl methyl sites for hydroxylation is 1. The van der Waals surface area contributed by atoms with Crippen LogP contribution >= 0.6 is 23.1 Å². The van der Waals surface area contributed by atoms with Crippen LogP contribution in [0.2, 0.25) is 0 Å². The van der Waals surface area contributed by atoms with Gasteiger partial charge < -0.3 is 4.98 Å². The van der Waals surface area contributed by atoms with Crippen molar-refractivity contribution in [2.75, 3.05) is 0 Å². The van der Waals surface area contributed by atoms with E-state index in [1.165, 1.54) is 21.8 Å². The van der Waals surface area contributed by atoms with E-state index >= 15 is 0 Å². The van der Waals surface area contributed by atoms with Crippen LogP contribution in [0.5, 0.6) is 0 Å². The SMILES string of the molecule is Cc1ccc(SC(C)c2nc3scc(-c4ccccc4)c3c(=O)[nH]2)cc1. The number of nitrogens with zero attached hydrogens (tertiary/aromatic N) is 1. The first-order valence-electron chi connectivity index (χ1n) is 8.42. The van der Waals surface area contributed by atoms with Crippen LogP contribution in [0, 0.1) is 6.92 Å². The molecule has 1 N–H and O–H groups in total. The molecule has 5 heteroatoms. The standard InChI is InChI=1S/C21H18N2OS2/c1-13-8-10-16(11-9-13)26-14(2)19-22-20(24)18-17(12-25-21(18)23-19)15-6-4-3-5-7-15/h3-12,14H,1-2H3,(H,22,23,24). The van der Waals surface area contributed by atoms with E-state index in [2.05, 4.69) is 43.1 Å². The second kappa shape index (κ2) is 7.09. The van der Waals surface area contributed by atoms with Crippen LogP contribution < -0.4 is 5.56 Å². The summed E-state index contributed by atoms with van der Waals surface area (Å²) in [5.41, 5.74) is 3.16. The third kappa shape index (κ3) is 3.32. The maximum Gasteiger partial charge on any atom is 0.260 e. The van der Waals surface area contributed by atoms with E-state index in [0.717, 1.165) is 21.8 Å². The highest BCUT2D eigenvalue weighted by Crippen LogP contribution is 2.35. The topological polar surface area (TPSA) is 45.8 Å². The lowest BCUT2D eigenvalue weighted by molar-refractivity contribution is 0.926. The van der Waals surface area contributed by atoms with Crippen LogP contribution in [0.1, 0.15) is 23.6 Å². The Morgan fingerprint density at radius 1 is 1.08 bits per heavy atom. The van der Waals surface area contributed by atoms with Crippen molar-refractivity contribution in [3.63, 3.8) is 0 Å². The molecule has 0 amide bonds. The zero-order chi connectivity index (χ0) is 18.1. The second-order valence-corrected chi connectivity index (χ2v) is 8.49. The van der Waals surface area contributed by atoms with Gasteiger partial charge in [0.1, 0.15) is 10.7 Å². The van der Waals surface area contributed by atoms with Gasteiger partial charge in [-0.3, -0.25) is 4.79 Å². The normalized spacial score (nSPS) is 12.4. The summed E-state index contributed by atoms with van der Waals surface area (Å²) in [4.78, 5) is 22.5. The van der Waals surface area contributed by atoms with Gasteiger partial charge in [0.05, 0.1) is 10.6 Å². The molecule has 0 spiro atoms. The Morgan fingerprint density at radius 3 is 2.54 bits per heavy atom. The molecule has 0 bridgehead atoms. The van der Waals surface area contributed by atoms with Crippen molar-refractivity contribution >= 4 is 33.3 Å². The smallest absolute Gasteiger partial charge is 0.260 e. The molecule has 3 nitrogen and oxygen atoms in total. The van der Waals surface area contributed by atoms with Crippen LogP contribution in [0.4, 0.5) is 0 Å². The number of hydrogen-bond acceptors (Lipinski definition) is 4. The Hall–Kier alpha value is -2.37. The van der Waals surface area contributed by atoms with Gasteiger partial charge in [-0.15, -0.1) is 23.1 Å². The lowest BCUT2D eigenvalue weighted by Gasteiger charge is -2.11. The van der Waals surface area contributed by atoms with E-state index in [-0.39, 0.29) is 10.8 Å². The fourth-order valence-electron chi connectivity index (χ4n) is 2.87. The molecule has 2 aromatic carbocycles. The van der Waals surface area contributed by atoms with Crippen LogP contribution in [0.15, 0.2) is 69.7 Å². The Bertz CT molecular complexity index is 1100. The van der Waals surface area contributed by atoms with Crippen molar-refractivity contribution in [2.24, 2.45) is 0 Å². The average molecular weight is 379 g/mol. The molecule has 1 atom stereocenters. The van der Waals surface area contributed by atoms with E-state index in [1.807, 2.05) is 35.7 Å². The highest BCUT2D eigenvalue weighted by Gasteiger charge is 2.16. The zero-order valence-corrected chi connectivity index (χ0v) is 16.2. The first-order valence-corrected chi connectivity index (χ1v) is 10.2. The van der Waals surface area contributed by atoms with Crippen molar-refractivity contribution in [1.29, 1.82) is 0 Å². The largest absolute Gasteiger partial charge is 0.309 e. The van der Waals surface area contributed by atoms with Crippen molar-refractivity contribution in [3.8, 4) is 11.1 Å². The molecule has 0 aliphatic rings. The van der Waals surface area contributed by atoms with E-state index in [1.54, 1.807) is 11.8 Å². The fraction of sp³-hybridized carbons (Fsp3) is 0.143. The minimum Gasteiger partial charge on any atom is -0.309 e. The summed E-state index contributed by atoms with van der Waals surface area (Å²) in [5.74, 6) is 0.717. The predicted molar refractivity (Wildman–Crippen MR) is 111 cm³/mol. The number of H-pyrrole nitrogens is 1. The summed E-state index contributed by atoms with van der Waals surface area (Å²) in [6.45, 7) is 4.15. The first kappa shape index (κ1) is 17.1. The number of benzene rings is 2. The number of fused-ring (bicyclic) bond motifs is 1. The van der Waals surface area contributed by atoms with E-state index in [0.29, 0.717) is 5.39 Å².